The van der Waals surface area contributed by atoms with E-state index in [0.717, 1.165) is 54.6 Å². The van der Waals surface area contributed by atoms with Crippen LogP contribution in [0, 0.1) is 12.3 Å². The molecule has 2 heterocycles. The van der Waals surface area contributed by atoms with Gasteiger partial charge in [-0.05, 0) is 30.3 Å². The molecule has 0 unspecified atom stereocenters. The third-order valence-electron chi connectivity index (χ3n) is 4.61. The first-order valence-electron chi connectivity index (χ1n) is 8.40. The number of rotatable bonds is 1. The van der Waals surface area contributed by atoms with Crippen molar-refractivity contribution in [2.45, 2.75) is 0 Å². The maximum absolute atomic E-state index is 6.19. The van der Waals surface area contributed by atoms with E-state index in [2.05, 4.69) is 33.2 Å². The molecule has 0 bridgehead atoms. The number of aliphatic imine (C=N–C) groups is 1. The highest BCUT2D eigenvalue weighted by molar-refractivity contribution is 6.31. The third-order valence-corrected chi connectivity index (χ3v) is 4.85. The Morgan fingerprint density at radius 1 is 1.08 bits per heavy atom. The Bertz CT molecular complexity index is 860. The lowest BCUT2D eigenvalue weighted by Crippen LogP contribution is -2.48. The third kappa shape index (κ3) is 3.21. The lowest BCUT2D eigenvalue weighted by atomic mass is 10.1. The van der Waals surface area contributed by atoms with Gasteiger partial charge in [-0.15, -0.1) is 6.42 Å². The Balaban J connectivity index is 1.73. The van der Waals surface area contributed by atoms with E-state index < -0.39 is 0 Å². The summed E-state index contributed by atoms with van der Waals surface area (Å²) < 4.78 is 0. The average Bonchev–Trinajstić information content (AvgIpc) is 2.79. The van der Waals surface area contributed by atoms with Gasteiger partial charge in [0.15, 0.2) is 0 Å². The molecule has 1 fully saturated rings. The number of hydrogen-bond acceptors (Lipinski definition) is 4. The number of benzene rings is 2. The molecular formula is C20H19ClN4. The molecule has 0 aliphatic carbocycles. The number of amidine groups is 1. The molecule has 1 saturated heterocycles. The number of hydrogen-bond donors (Lipinski definition) is 1. The smallest absolute Gasteiger partial charge is 0.138 e. The number of nitrogens with zero attached hydrogens (tertiary/aromatic N) is 3. The van der Waals surface area contributed by atoms with Gasteiger partial charge in [-0.1, -0.05) is 29.7 Å². The lowest BCUT2D eigenvalue weighted by Gasteiger charge is -2.35. The standard InChI is InChI=1S/C20H19ClN4/c1-2-9-24-10-12-25(13-11-24)20-16-5-3-4-6-17(16)22-18-8-7-15(21)14-19(18)23-20/h1,3-8,14,22H,9-13H2. The highest BCUT2D eigenvalue weighted by atomic mass is 35.5. The predicted octanol–water partition coefficient (Wildman–Crippen LogP) is 3.73. The Morgan fingerprint density at radius 2 is 1.88 bits per heavy atom. The molecule has 0 saturated carbocycles. The zero-order valence-electron chi connectivity index (χ0n) is 13.9. The minimum absolute atomic E-state index is 0.688. The minimum atomic E-state index is 0.688. The van der Waals surface area contributed by atoms with Gasteiger partial charge in [-0.25, -0.2) is 4.99 Å². The van der Waals surface area contributed by atoms with E-state index in [4.69, 9.17) is 23.0 Å². The van der Waals surface area contributed by atoms with Crippen molar-refractivity contribution < 1.29 is 0 Å². The van der Waals surface area contributed by atoms with E-state index in [0.29, 0.717) is 11.6 Å². The van der Waals surface area contributed by atoms with Gasteiger partial charge in [-0.3, -0.25) is 4.90 Å². The highest BCUT2D eigenvalue weighted by Gasteiger charge is 2.24. The van der Waals surface area contributed by atoms with Crippen molar-refractivity contribution in [1.29, 1.82) is 0 Å². The van der Waals surface area contributed by atoms with Gasteiger partial charge in [-0.2, -0.15) is 0 Å². The zero-order chi connectivity index (χ0) is 17.2. The first kappa shape index (κ1) is 16.0. The second kappa shape index (κ2) is 6.79. The molecule has 0 aromatic heterocycles. The van der Waals surface area contributed by atoms with Crippen LogP contribution < -0.4 is 5.32 Å². The number of piperazine rings is 1. The van der Waals surface area contributed by atoms with Gasteiger partial charge in [0.25, 0.3) is 0 Å². The van der Waals surface area contributed by atoms with Crippen LogP contribution in [0.4, 0.5) is 17.1 Å². The minimum Gasteiger partial charge on any atom is -0.353 e. The van der Waals surface area contributed by atoms with E-state index >= 15 is 0 Å². The summed E-state index contributed by atoms with van der Waals surface area (Å²) >= 11 is 6.19. The van der Waals surface area contributed by atoms with Crippen LogP contribution in [0.5, 0.6) is 0 Å². The Morgan fingerprint density at radius 3 is 2.68 bits per heavy atom. The molecule has 4 rings (SSSR count). The Labute approximate surface area is 153 Å². The van der Waals surface area contributed by atoms with E-state index in [1.807, 2.05) is 30.3 Å². The van der Waals surface area contributed by atoms with Crippen molar-refractivity contribution in [2.75, 3.05) is 38.0 Å². The average molecular weight is 351 g/mol. The predicted molar refractivity (Wildman–Crippen MR) is 104 cm³/mol. The van der Waals surface area contributed by atoms with Crippen LogP contribution >= 0.6 is 11.6 Å². The van der Waals surface area contributed by atoms with Crippen LogP contribution in [-0.2, 0) is 0 Å². The fourth-order valence-electron chi connectivity index (χ4n) is 3.30. The molecule has 0 spiro atoms. The van der Waals surface area contributed by atoms with Crippen LogP contribution in [-0.4, -0.2) is 48.4 Å². The number of nitrogens with one attached hydrogen (secondary N) is 1. The molecule has 126 valence electrons. The lowest BCUT2D eigenvalue weighted by molar-refractivity contribution is 0.200. The molecule has 0 atom stereocenters. The van der Waals surface area contributed by atoms with E-state index in [1.54, 1.807) is 0 Å². The monoisotopic (exact) mass is 350 g/mol. The number of halogens is 1. The van der Waals surface area contributed by atoms with Gasteiger partial charge in [0.1, 0.15) is 5.84 Å². The van der Waals surface area contributed by atoms with Crippen molar-refractivity contribution >= 4 is 34.5 Å². The molecule has 0 amide bonds. The molecule has 2 aliphatic heterocycles. The normalized spacial score (nSPS) is 16.8. The summed E-state index contributed by atoms with van der Waals surface area (Å²) in [5.41, 5.74) is 4.01. The molecule has 2 aromatic carbocycles. The van der Waals surface area contributed by atoms with Crippen LogP contribution in [0.2, 0.25) is 5.02 Å². The molecule has 1 N–H and O–H groups in total. The van der Waals surface area contributed by atoms with Crippen molar-refractivity contribution in [3.63, 3.8) is 0 Å². The SMILES string of the molecule is C#CCN1CCN(C2=Nc3cc(Cl)ccc3Nc3ccccc32)CC1. The quantitative estimate of drug-likeness (QED) is 0.795. The van der Waals surface area contributed by atoms with E-state index in [1.165, 1.54) is 0 Å². The number of fused-ring (bicyclic) bond motifs is 2. The van der Waals surface area contributed by atoms with Crippen LogP contribution in [0.25, 0.3) is 0 Å². The molecule has 4 nitrogen and oxygen atoms in total. The van der Waals surface area contributed by atoms with Crippen molar-refractivity contribution in [2.24, 2.45) is 4.99 Å². The Hall–Kier alpha value is -2.48. The summed E-state index contributed by atoms with van der Waals surface area (Å²) in [5.74, 6) is 3.72. The number of anilines is 2. The van der Waals surface area contributed by atoms with E-state index in [9.17, 15) is 0 Å². The zero-order valence-corrected chi connectivity index (χ0v) is 14.6. The fourth-order valence-corrected chi connectivity index (χ4v) is 3.46. The summed E-state index contributed by atoms with van der Waals surface area (Å²) in [6.07, 6.45) is 5.44. The number of terminal acetylenes is 1. The highest BCUT2D eigenvalue weighted by Crippen LogP contribution is 2.36. The molecule has 25 heavy (non-hydrogen) atoms. The van der Waals surface area contributed by atoms with Crippen molar-refractivity contribution in [3.8, 4) is 12.3 Å². The maximum atomic E-state index is 6.19. The first-order chi connectivity index (χ1) is 12.2. The summed E-state index contributed by atoms with van der Waals surface area (Å²) in [4.78, 5) is 9.60. The van der Waals surface area contributed by atoms with Crippen LogP contribution in [0.15, 0.2) is 47.5 Å². The maximum Gasteiger partial charge on any atom is 0.138 e. The topological polar surface area (TPSA) is 30.9 Å². The van der Waals surface area contributed by atoms with Crippen LogP contribution in [0.1, 0.15) is 5.56 Å². The molecule has 2 aliphatic rings. The molecule has 2 aromatic rings. The second-order valence-electron chi connectivity index (χ2n) is 6.23. The van der Waals surface area contributed by atoms with Crippen molar-refractivity contribution in [1.82, 2.24) is 9.80 Å². The number of para-hydroxylation sites is 1. The molecular weight excluding hydrogens is 332 g/mol. The van der Waals surface area contributed by atoms with Crippen LogP contribution in [0.3, 0.4) is 0 Å². The van der Waals surface area contributed by atoms with Gasteiger partial charge < -0.3 is 10.2 Å². The van der Waals surface area contributed by atoms with Gasteiger partial charge in [0, 0.05) is 42.5 Å². The van der Waals surface area contributed by atoms with Gasteiger partial charge in [0.05, 0.1) is 17.9 Å². The summed E-state index contributed by atoms with van der Waals surface area (Å²) in [7, 11) is 0. The fraction of sp³-hybridized carbons (Fsp3) is 0.250. The first-order valence-corrected chi connectivity index (χ1v) is 8.78. The summed E-state index contributed by atoms with van der Waals surface area (Å²) in [5, 5.41) is 4.18. The largest absolute Gasteiger partial charge is 0.353 e. The Kier molecular flexibility index (Phi) is 4.35. The van der Waals surface area contributed by atoms with Gasteiger partial charge in [0.2, 0.25) is 0 Å². The molecule has 0 radical (unpaired) electrons. The summed E-state index contributed by atoms with van der Waals surface area (Å²) in [6.45, 7) is 4.41. The van der Waals surface area contributed by atoms with Gasteiger partial charge >= 0.3 is 0 Å². The summed E-state index contributed by atoms with van der Waals surface area (Å²) in [6, 6.07) is 14.1. The van der Waals surface area contributed by atoms with Crippen molar-refractivity contribution in [3.05, 3.63) is 53.1 Å². The second-order valence-corrected chi connectivity index (χ2v) is 6.67. The molecule has 5 heteroatoms. The van der Waals surface area contributed by atoms with E-state index in [-0.39, 0.29) is 0 Å².